The van der Waals surface area contributed by atoms with Crippen LogP contribution in [0.5, 0.6) is 23.0 Å². The van der Waals surface area contributed by atoms with Gasteiger partial charge in [-0.2, -0.15) is 0 Å². The minimum Gasteiger partial charge on any atom is -0.493 e. The Bertz CT molecular complexity index is 1040. The zero-order valence-corrected chi connectivity index (χ0v) is 19.4. The molecule has 0 unspecified atom stereocenters. The number of carbonyl (C=O) groups is 1. The maximum atomic E-state index is 13.1. The topological polar surface area (TPSA) is 153 Å². The van der Waals surface area contributed by atoms with Crippen molar-refractivity contribution in [2.45, 2.75) is 43.2 Å². The van der Waals surface area contributed by atoms with E-state index in [-0.39, 0.29) is 11.3 Å². The molecule has 11 heteroatoms. The van der Waals surface area contributed by atoms with Crippen LogP contribution in [0.1, 0.15) is 27.6 Å². The Balaban J connectivity index is 1.62. The van der Waals surface area contributed by atoms with Crippen molar-refractivity contribution in [2.24, 2.45) is 0 Å². The predicted octanol–water partition coefficient (Wildman–Crippen LogP) is 0.345. The summed E-state index contributed by atoms with van der Waals surface area (Å²) in [6, 6.07) is 8.34. The molecule has 11 nitrogen and oxygen atoms in total. The van der Waals surface area contributed by atoms with E-state index in [4.69, 9.17) is 28.4 Å². The average molecular weight is 492 g/mol. The van der Waals surface area contributed by atoms with Crippen molar-refractivity contribution in [3.05, 3.63) is 47.0 Å². The van der Waals surface area contributed by atoms with Gasteiger partial charge < -0.3 is 48.8 Å². The first kappa shape index (κ1) is 25.0. The van der Waals surface area contributed by atoms with E-state index < -0.39 is 49.4 Å². The molecule has 6 atom stereocenters. The van der Waals surface area contributed by atoms with Crippen LogP contribution in [0.25, 0.3) is 0 Å². The van der Waals surface area contributed by atoms with Crippen LogP contribution in [0.4, 0.5) is 0 Å². The number of aliphatic hydroxyl groups excluding tert-OH is 4. The Morgan fingerprint density at radius 2 is 1.63 bits per heavy atom. The fourth-order valence-electron chi connectivity index (χ4n) is 4.27. The normalized spacial score (nSPS) is 28.0. The summed E-state index contributed by atoms with van der Waals surface area (Å²) in [7, 11) is 4.48. The number of esters is 1. The van der Waals surface area contributed by atoms with Gasteiger partial charge in [0.1, 0.15) is 41.8 Å². The van der Waals surface area contributed by atoms with Crippen molar-refractivity contribution in [3.63, 3.8) is 0 Å². The SMILES string of the molecule is COc1cc([C@@H]2Cc3cccc(O[C@@H]4O[C@H](CO)[C@@H](O)[C@H](O)[C@H]4O)c3C(=O)O2)cc(OC)c1OC. The van der Waals surface area contributed by atoms with Crippen LogP contribution < -0.4 is 18.9 Å². The summed E-state index contributed by atoms with van der Waals surface area (Å²) in [6.07, 6.45) is -7.66. The molecule has 190 valence electrons. The van der Waals surface area contributed by atoms with Crippen LogP contribution in [-0.4, -0.2) is 85.0 Å². The molecule has 2 aromatic rings. The first-order chi connectivity index (χ1) is 16.8. The third kappa shape index (κ3) is 4.60. The van der Waals surface area contributed by atoms with Crippen LogP contribution >= 0.6 is 0 Å². The number of carbonyl (C=O) groups excluding carboxylic acids is 1. The smallest absolute Gasteiger partial charge is 0.342 e. The van der Waals surface area contributed by atoms with Crippen molar-refractivity contribution in [1.82, 2.24) is 0 Å². The Hall–Kier alpha value is -3.09. The highest BCUT2D eigenvalue weighted by atomic mass is 16.7. The second kappa shape index (κ2) is 10.3. The van der Waals surface area contributed by atoms with Crippen LogP contribution in [0.2, 0.25) is 0 Å². The second-order valence-corrected chi connectivity index (χ2v) is 8.16. The lowest BCUT2D eigenvalue weighted by Gasteiger charge is -2.40. The number of cyclic esters (lactones) is 1. The molecule has 0 spiro atoms. The Morgan fingerprint density at radius 3 is 2.23 bits per heavy atom. The molecular formula is C24H28O11. The van der Waals surface area contributed by atoms with E-state index in [1.807, 2.05) is 0 Å². The van der Waals surface area contributed by atoms with Crippen LogP contribution in [0.15, 0.2) is 30.3 Å². The number of methoxy groups -OCH3 is 3. The minimum absolute atomic E-state index is 0.0696. The number of fused-ring (bicyclic) bond motifs is 1. The molecule has 2 aromatic carbocycles. The van der Waals surface area contributed by atoms with E-state index in [0.29, 0.717) is 34.8 Å². The first-order valence-electron chi connectivity index (χ1n) is 10.9. The molecule has 35 heavy (non-hydrogen) atoms. The summed E-state index contributed by atoms with van der Waals surface area (Å²) < 4.78 is 33.0. The molecule has 0 amide bonds. The zero-order chi connectivity index (χ0) is 25.3. The number of hydrogen-bond donors (Lipinski definition) is 4. The zero-order valence-electron chi connectivity index (χ0n) is 19.4. The molecule has 2 aliphatic heterocycles. The third-order valence-corrected chi connectivity index (χ3v) is 6.12. The van der Waals surface area contributed by atoms with Crippen molar-refractivity contribution in [2.75, 3.05) is 27.9 Å². The van der Waals surface area contributed by atoms with Gasteiger partial charge in [0, 0.05) is 12.0 Å². The van der Waals surface area contributed by atoms with Crippen LogP contribution in [0.3, 0.4) is 0 Å². The molecule has 4 N–H and O–H groups in total. The minimum atomic E-state index is -1.62. The van der Waals surface area contributed by atoms with E-state index in [1.165, 1.54) is 27.4 Å². The summed E-state index contributed by atoms with van der Waals surface area (Å²) in [4.78, 5) is 13.1. The third-order valence-electron chi connectivity index (χ3n) is 6.12. The number of hydrogen-bond acceptors (Lipinski definition) is 11. The van der Waals surface area contributed by atoms with Gasteiger partial charge in [0.15, 0.2) is 11.5 Å². The van der Waals surface area contributed by atoms with Gasteiger partial charge in [0.05, 0.1) is 27.9 Å². The second-order valence-electron chi connectivity index (χ2n) is 8.16. The fourth-order valence-corrected chi connectivity index (χ4v) is 4.27. The van der Waals surface area contributed by atoms with Crippen molar-refractivity contribution in [3.8, 4) is 23.0 Å². The van der Waals surface area contributed by atoms with Gasteiger partial charge in [0.25, 0.3) is 0 Å². The van der Waals surface area contributed by atoms with Gasteiger partial charge in [-0.3, -0.25) is 0 Å². The quantitative estimate of drug-likeness (QED) is 0.396. The van der Waals surface area contributed by atoms with E-state index in [2.05, 4.69) is 0 Å². The Kier molecular flexibility index (Phi) is 7.33. The Labute approximate surface area is 201 Å². The number of rotatable bonds is 7. The summed E-state index contributed by atoms with van der Waals surface area (Å²) in [5.74, 6) is 0.661. The van der Waals surface area contributed by atoms with Gasteiger partial charge in [-0.1, -0.05) is 12.1 Å². The molecule has 2 aliphatic rings. The standard InChI is InChI=1S/C24H28O11/c1-30-15-8-12(9-16(31-2)22(15)32-3)14-7-11-5-4-6-13(18(11)23(29)33-14)34-24-21(28)20(27)19(26)17(10-25)35-24/h4-6,8-9,14,17,19-21,24-28H,7,10H2,1-3H3/t14-,17+,19+,20-,21+,24+/m0/s1. The maximum Gasteiger partial charge on any atom is 0.342 e. The van der Waals surface area contributed by atoms with Gasteiger partial charge in [-0.25, -0.2) is 4.79 Å². The molecule has 0 bridgehead atoms. The molecule has 0 aromatic heterocycles. The highest BCUT2D eigenvalue weighted by molar-refractivity contribution is 5.95. The lowest BCUT2D eigenvalue weighted by atomic mass is 9.93. The predicted molar refractivity (Wildman–Crippen MR) is 119 cm³/mol. The summed E-state index contributed by atoms with van der Waals surface area (Å²) in [6.45, 7) is -0.601. The summed E-state index contributed by atoms with van der Waals surface area (Å²) in [5.41, 5.74) is 1.41. The first-order valence-corrected chi connectivity index (χ1v) is 10.9. The average Bonchev–Trinajstić information content (AvgIpc) is 2.87. The molecule has 2 heterocycles. The van der Waals surface area contributed by atoms with Crippen molar-refractivity contribution in [1.29, 1.82) is 0 Å². The molecule has 0 radical (unpaired) electrons. The lowest BCUT2D eigenvalue weighted by molar-refractivity contribution is -0.277. The number of ether oxygens (including phenoxy) is 6. The van der Waals surface area contributed by atoms with E-state index in [9.17, 15) is 25.2 Å². The molecule has 0 saturated carbocycles. The van der Waals surface area contributed by atoms with E-state index >= 15 is 0 Å². The lowest BCUT2D eigenvalue weighted by Crippen LogP contribution is -2.60. The summed E-state index contributed by atoms with van der Waals surface area (Å²) in [5, 5.41) is 39.7. The van der Waals surface area contributed by atoms with Gasteiger partial charge in [-0.15, -0.1) is 0 Å². The largest absolute Gasteiger partial charge is 0.493 e. The van der Waals surface area contributed by atoms with Crippen LogP contribution in [0, 0.1) is 0 Å². The van der Waals surface area contributed by atoms with Gasteiger partial charge >= 0.3 is 5.97 Å². The fraction of sp³-hybridized carbons (Fsp3) is 0.458. The number of benzene rings is 2. The summed E-state index contributed by atoms with van der Waals surface area (Å²) >= 11 is 0. The monoisotopic (exact) mass is 492 g/mol. The molecular weight excluding hydrogens is 464 g/mol. The van der Waals surface area contributed by atoms with E-state index in [0.717, 1.165) is 0 Å². The van der Waals surface area contributed by atoms with E-state index in [1.54, 1.807) is 24.3 Å². The van der Waals surface area contributed by atoms with Crippen LogP contribution in [-0.2, 0) is 15.9 Å². The van der Waals surface area contributed by atoms with Crippen molar-refractivity contribution >= 4 is 5.97 Å². The highest BCUT2D eigenvalue weighted by Crippen LogP contribution is 2.43. The molecule has 4 rings (SSSR count). The van der Waals surface area contributed by atoms with Gasteiger partial charge in [0.2, 0.25) is 12.0 Å². The number of aliphatic hydroxyl groups is 4. The van der Waals surface area contributed by atoms with Gasteiger partial charge in [-0.05, 0) is 23.8 Å². The Morgan fingerprint density at radius 1 is 0.943 bits per heavy atom. The molecule has 1 fully saturated rings. The maximum absolute atomic E-state index is 13.1. The van der Waals surface area contributed by atoms with Crippen molar-refractivity contribution < 1.29 is 53.6 Å². The molecule has 0 aliphatic carbocycles. The molecule has 1 saturated heterocycles. The highest BCUT2D eigenvalue weighted by Gasteiger charge is 2.45.